The molecular formula is C46H46B2O4. The third-order valence-corrected chi connectivity index (χ3v) is 11.8. The number of hydrogen-bond donors (Lipinski definition) is 0. The van der Waals surface area contributed by atoms with Gasteiger partial charge in [0, 0.05) is 0 Å². The molecule has 6 aromatic carbocycles. The molecule has 0 bridgehead atoms. The number of hydrogen-bond acceptors (Lipinski definition) is 4. The summed E-state index contributed by atoms with van der Waals surface area (Å²) in [6, 6.07) is 47.9. The average Bonchev–Trinajstić information content (AvgIpc) is 3.50. The van der Waals surface area contributed by atoms with Gasteiger partial charge < -0.3 is 18.6 Å². The van der Waals surface area contributed by atoms with Gasteiger partial charge in [-0.1, -0.05) is 133 Å². The van der Waals surface area contributed by atoms with Crippen LogP contribution in [0.1, 0.15) is 55.4 Å². The van der Waals surface area contributed by atoms with E-state index in [0.717, 1.165) is 33.2 Å². The van der Waals surface area contributed by atoms with Crippen LogP contribution < -0.4 is 10.9 Å². The van der Waals surface area contributed by atoms with Crippen LogP contribution in [-0.2, 0) is 18.6 Å². The van der Waals surface area contributed by atoms with Gasteiger partial charge in [-0.3, -0.25) is 0 Å². The van der Waals surface area contributed by atoms with Crippen molar-refractivity contribution in [1.29, 1.82) is 0 Å². The monoisotopic (exact) mass is 684 g/mol. The maximum atomic E-state index is 6.42. The molecule has 2 saturated heterocycles. The molecule has 0 atom stereocenters. The maximum Gasteiger partial charge on any atom is 0.494 e. The van der Waals surface area contributed by atoms with E-state index in [1.54, 1.807) is 0 Å². The summed E-state index contributed by atoms with van der Waals surface area (Å²) in [5.41, 5.74) is 9.75. The maximum absolute atomic E-state index is 6.42. The molecule has 8 rings (SSSR count). The standard InChI is InChI=1S/C46H46B2O4/c1-43(2)44(3,4)50-47(49-43)35-27-23-33(24-28-35)39-37-21-15-16-22-38(37)40(34-25-29-36(30-26-34)48-51-45(5,6)46(7,8)52-48)42(32-19-13-10-14-20-32)41(39)31-17-11-9-12-18-31/h9-30H,1-8H3. The van der Waals surface area contributed by atoms with E-state index in [9.17, 15) is 0 Å². The smallest absolute Gasteiger partial charge is 0.399 e. The van der Waals surface area contributed by atoms with E-state index in [4.69, 9.17) is 18.6 Å². The molecule has 0 amide bonds. The second-order valence-electron chi connectivity index (χ2n) is 16.2. The summed E-state index contributed by atoms with van der Waals surface area (Å²) in [7, 11) is -0.849. The highest BCUT2D eigenvalue weighted by Gasteiger charge is 2.52. The molecule has 6 heteroatoms. The Morgan fingerprint density at radius 2 is 0.577 bits per heavy atom. The first-order valence-electron chi connectivity index (χ1n) is 18.4. The molecule has 2 heterocycles. The molecule has 52 heavy (non-hydrogen) atoms. The predicted molar refractivity (Wildman–Crippen MR) is 217 cm³/mol. The van der Waals surface area contributed by atoms with E-state index in [1.165, 1.54) is 33.0 Å². The number of rotatable bonds is 6. The van der Waals surface area contributed by atoms with Crippen molar-refractivity contribution in [2.45, 2.75) is 77.8 Å². The predicted octanol–water partition coefficient (Wildman–Crippen LogP) is 10.1. The van der Waals surface area contributed by atoms with Crippen molar-refractivity contribution in [3.8, 4) is 44.5 Å². The third-order valence-electron chi connectivity index (χ3n) is 11.8. The lowest BCUT2D eigenvalue weighted by Crippen LogP contribution is -2.41. The zero-order valence-electron chi connectivity index (χ0n) is 31.5. The van der Waals surface area contributed by atoms with Gasteiger partial charge >= 0.3 is 14.2 Å². The minimum Gasteiger partial charge on any atom is -0.399 e. The van der Waals surface area contributed by atoms with Gasteiger partial charge in [0.15, 0.2) is 0 Å². The Morgan fingerprint density at radius 3 is 0.885 bits per heavy atom. The van der Waals surface area contributed by atoms with Crippen molar-refractivity contribution in [3.63, 3.8) is 0 Å². The van der Waals surface area contributed by atoms with Crippen LogP contribution >= 0.6 is 0 Å². The van der Waals surface area contributed by atoms with Crippen LogP contribution in [0.3, 0.4) is 0 Å². The highest BCUT2D eigenvalue weighted by molar-refractivity contribution is 6.62. The first kappa shape index (κ1) is 34.6. The van der Waals surface area contributed by atoms with E-state index < -0.39 is 36.6 Å². The molecule has 0 spiro atoms. The van der Waals surface area contributed by atoms with Gasteiger partial charge in [-0.05, 0) is 122 Å². The van der Waals surface area contributed by atoms with Crippen LogP contribution in [0.2, 0.25) is 0 Å². The summed E-state index contributed by atoms with van der Waals surface area (Å²) in [5.74, 6) is 0. The largest absolute Gasteiger partial charge is 0.494 e. The Kier molecular flexibility index (Phi) is 8.39. The van der Waals surface area contributed by atoms with Crippen molar-refractivity contribution >= 4 is 35.9 Å². The minimum absolute atomic E-state index is 0.407. The first-order valence-corrected chi connectivity index (χ1v) is 18.4. The topological polar surface area (TPSA) is 36.9 Å². The van der Waals surface area contributed by atoms with E-state index in [2.05, 4.69) is 189 Å². The molecule has 2 aliphatic heterocycles. The second kappa shape index (κ2) is 12.6. The lowest BCUT2D eigenvalue weighted by Gasteiger charge is -2.32. The molecular weight excluding hydrogens is 638 g/mol. The van der Waals surface area contributed by atoms with Crippen LogP contribution in [-0.4, -0.2) is 36.6 Å². The van der Waals surface area contributed by atoms with Crippen LogP contribution in [0.25, 0.3) is 55.3 Å². The van der Waals surface area contributed by atoms with Gasteiger partial charge in [0.1, 0.15) is 0 Å². The molecule has 0 aliphatic carbocycles. The fourth-order valence-corrected chi connectivity index (χ4v) is 7.40. The molecule has 2 fully saturated rings. The molecule has 6 aromatic rings. The van der Waals surface area contributed by atoms with Crippen molar-refractivity contribution < 1.29 is 18.6 Å². The lowest BCUT2D eigenvalue weighted by molar-refractivity contribution is 0.00578. The Labute approximate surface area is 309 Å². The molecule has 0 saturated carbocycles. The first-order chi connectivity index (χ1) is 24.8. The van der Waals surface area contributed by atoms with Gasteiger partial charge in [-0.25, -0.2) is 0 Å². The highest BCUT2D eigenvalue weighted by Crippen LogP contribution is 2.51. The Hall–Kier alpha value is -4.45. The van der Waals surface area contributed by atoms with Crippen molar-refractivity contribution in [1.82, 2.24) is 0 Å². The third kappa shape index (κ3) is 5.83. The van der Waals surface area contributed by atoms with Crippen molar-refractivity contribution in [2.24, 2.45) is 0 Å². The SMILES string of the molecule is CC1(C)OB(c2ccc(-c3c(-c4ccccc4)c(-c4ccccc4)c(-c4ccc(B5OC(C)(C)C(C)(C)O5)cc4)c4ccccc34)cc2)OC1(C)C. The summed E-state index contributed by atoms with van der Waals surface area (Å²) in [6.07, 6.45) is 0. The summed E-state index contributed by atoms with van der Waals surface area (Å²) < 4.78 is 25.7. The van der Waals surface area contributed by atoms with E-state index in [-0.39, 0.29) is 0 Å². The lowest BCUT2D eigenvalue weighted by atomic mass is 9.75. The number of fused-ring (bicyclic) bond motifs is 1. The van der Waals surface area contributed by atoms with Gasteiger partial charge in [-0.2, -0.15) is 0 Å². The van der Waals surface area contributed by atoms with E-state index in [1.807, 2.05) is 0 Å². The van der Waals surface area contributed by atoms with Crippen LogP contribution in [0.5, 0.6) is 0 Å². The van der Waals surface area contributed by atoms with Crippen LogP contribution in [0.15, 0.2) is 133 Å². The molecule has 0 aromatic heterocycles. The zero-order valence-corrected chi connectivity index (χ0v) is 31.5. The van der Waals surface area contributed by atoms with Gasteiger partial charge in [0.05, 0.1) is 22.4 Å². The Morgan fingerprint density at radius 1 is 0.308 bits per heavy atom. The molecule has 260 valence electrons. The van der Waals surface area contributed by atoms with Gasteiger partial charge in [-0.15, -0.1) is 0 Å². The van der Waals surface area contributed by atoms with E-state index in [0.29, 0.717) is 0 Å². The minimum atomic E-state index is -0.424. The fraction of sp³-hybridized carbons (Fsp3) is 0.261. The summed E-state index contributed by atoms with van der Waals surface area (Å²) >= 11 is 0. The molecule has 0 radical (unpaired) electrons. The normalized spacial score (nSPS) is 18.6. The van der Waals surface area contributed by atoms with Crippen molar-refractivity contribution in [3.05, 3.63) is 133 Å². The van der Waals surface area contributed by atoms with E-state index >= 15 is 0 Å². The number of benzene rings is 6. The average molecular weight is 684 g/mol. The van der Waals surface area contributed by atoms with Crippen molar-refractivity contribution in [2.75, 3.05) is 0 Å². The van der Waals surface area contributed by atoms with Crippen LogP contribution in [0, 0.1) is 0 Å². The fourth-order valence-electron chi connectivity index (χ4n) is 7.40. The van der Waals surface area contributed by atoms with Gasteiger partial charge in [0.2, 0.25) is 0 Å². The second-order valence-corrected chi connectivity index (χ2v) is 16.2. The highest BCUT2D eigenvalue weighted by atomic mass is 16.7. The van der Waals surface area contributed by atoms with Gasteiger partial charge in [0.25, 0.3) is 0 Å². The molecule has 0 N–H and O–H groups in total. The quantitative estimate of drug-likeness (QED) is 0.164. The summed E-state index contributed by atoms with van der Waals surface area (Å²) in [4.78, 5) is 0. The van der Waals surface area contributed by atoms with Crippen LogP contribution in [0.4, 0.5) is 0 Å². The summed E-state index contributed by atoms with van der Waals surface area (Å²) in [5, 5.41) is 2.38. The molecule has 2 aliphatic rings. The molecule has 0 unspecified atom stereocenters. The Balaban J connectivity index is 1.35. The molecule has 4 nitrogen and oxygen atoms in total. The Bertz CT molecular complexity index is 2050. The summed E-state index contributed by atoms with van der Waals surface area (Å²) in [6.45, 7) is 16.8. The zero-order chi connectivity index (χ0) is 36.5.